The number of hydrogen-bond acceptors (Lipinski definition) is 4. The summed E-state index contributed by atoms with van der Waals surface area (Å²) >= 11 is 0. The third-order valence-electron chi connectivity index (χ3n) is 5.64. The van der Waals surface area contributed by atoms with Crippen LogP contribution in [-0.4, -0.2) is 71.1 Å². The van der Waals surface area contributed by atoms with Gasteiger partial charge in [0.1, 0.15) is 12.4 Å². The van der Waals surface area contributed by atoms with Gasteiger partial charge in [0.05, 0.1) is 17.5 Å². The Balaban J connectivity index is 1.34. The molecule has 0 N–H and O–H groups in total. The Kier molecular flexibility index (Phi) is 5.79. The zero-order valence-electron chi connectivity index (χ0n) is 16.9. The maximum Gasteiger partial charge on any atom is 0.262 e. The Labute approximate surface area is 179 Å². The summed E-state index contributed by atoms with van der Waals surface area (Å²) in [7, 11) is 0. The first-order valence-corrected chi connectivity index (χ1v) is 10.2. The van der Waals surface area contributed by atoms with Gasteiger partial charge in [0.2, 0.25) is 11.8 Å². The lowest BCUT2D eigenvalue weighted by Crippen LogP contribution is -2.44. The van der Waals surface area contributed by atoms with Gasteiger partial charge in [0, 0.05) is 26.2 Å². The average Bonchev–Trinajstić information content (AvgIpc) is 2.95. The van der Waals surface area contributed by atoms with Crippen LogP contribution in [0.15, 0.2) is 48.5 Å². The second kappa shape index (κ2) is 8.67. The number of hydrogen-bond donors (Lipinski definition) is 0. The number of fused-ring (bicyclic) bond motifs is 1. The molecule has 0 unspecified atom stereocenters. The number of carbonyl (C=O) groups excluding carboxylic acids is 4. The molecule has 0 spiro atoms. The molecule has 0 aromatic heterocycles. The lowest BCUT2D eigenvalue weighted by Gasteiger charge is -2.24. The molecule has 0 saturated carbocycles. The SMILES string of the molecule is O=C(Cc1ccc(F)cc1)N1CCCN(C(=O)CN2C(=O)c3ccccc3C2=O)CC1. The molecule has 7 nitrogen and oxygen atoms in total. The van der Waals surface area contributed by atoms with Gasteiger partial charge in [-0.1, -0.05) is 24.3 Å². The van der Waals surface area contributed by atoms with Gasteiger partial charge >= 0.3 is 0 Å². The molecule has 0 radical (unpaired) electrons. The first-order chi connectivity index (χ1) is 14.9. The van der Waals surface area contributed by atoms with Crippen molar-refractivity contribution in [3.8, 4) is 0 Å². The highest BCUT2D eigenvalue weighted by Gasteiger charge is 2.37. The van der Waals surface area contributed by atoms with Crippen LogP contribution in [0.3, 0.4) is 0 Å². The molecule has 1 saturated heterocycles. The van der Waals surface area contributed by atoms with Gasteiger partial charge in [-0.2, -0.15) is 0 Å². The van der Waals surface area contributed by atoms with Gasteiger partial charge in [-0.3, -0.25) is 24.1 Å². The molecule has 0 bridgehead atoms. The van der Waals surface area contributed by atoms with E-state index in [1.165, 1.54) is 12.1 Å². The van der Waals surface area contributed by atoms with Crippen molar-refractivity contribution in [2.75, 3.05) is 32.7 Å². The molecule has 4 amide bonds. The first-order valence-electron chi connectivity index (χ1n) is 10.2. The first kappa shape index (κ1) is 20.7. The Morgan fingerprint density at radius 2 is 1.32 bits per heavy atom. The summed E-state index contributed by atoms with van der Waals surface area (Å²) < 4.78 is 13.0. The average molecular weight is 423 g/mol. The fourth-order valence-electron chi connectivity index (χ4n) is 3.92. The fourth-order valence-corrected chi connectivity index (χ4v) is 3.92. The molecule has 2 heterocycles. The van der Waals surface area contributed by atoms with E-state index < -0.39 is 11.8 Å². The monoisotopic (exact) mass is 423 g/mol. The van der Waals surface area contributed by atoms with Gasteiger partial charge < -0.3 is 9.80 Å². The van der Waals surface area contributed by atoms with Crippen molar-refractivity contribution in [1.29, 1.82) is 0 Å². The van der Waals surface area contributed by atoms with Crippen LogP contribution in [0.25, 0.3) is 0 Å². The van der Waals surface area contributed by atoms with Crippen LogP contribution < -0.4 is 0 Å². The van der Waals surface area contributed by atoms with Gasteiger partial charge in [0.25, 0.3) is 11.8 Å². The maximum absolute atomic E-state index is 13.0. The number of imide groups is 1. The Hall–Kier alpha value is -3.55. The minimum atomic E-state index is -0.458. The smallest absolute Gasteiger partial charge is 0.262 e. The van der Waals surface area contributed by atoms with Crippen LogP contribution in [0.2, 0.25) is 0 Å². The summed E-state index contributed by atoms with van der Waals surface area (Å²) in [5.74, 6) is -1.67. The molecular weight excluding hydrogens is 401 g/mol. The van der Waals surface area contributed by atoms with Crippen LogP contribution in [-0.2, 0) is 16.0 Å². The highest BCUT2D eigenvalue weighted by Crippen LogP contribution is 2.22. The normalized spacial score (nSPS) is 16.4. The van der Waals surface area contributed by atoms with E-state index in [2.05, 4.69) is 0 Å². The summed E-state index contributed by atoms with van der Waals surface area (Å²) in [6.45, 7) is 1.35. The molecule has 2 aromatic rings. The fraction of sp³-hybridized carbons (Fsp3) is 0.304. The summed E-state index contributed by atoms with van der Waals surface area (Å²) in [6, 6.07) is 12.3. The molecule has 2 aliphatic heterocycles. The highest BCUT2D eigenvalue weighted by molar-refractivity contribution is 6.22. The summed E-state index contributed by atoms with van der Waals surface area (Å²) in [5.41, 5.74) is 1.36. The van der Waals surface area contributed by atoms with Crippen LogP contribution in [0.1, 0.15) is 32.7 Å². The number of nitrogens with zero attached hydrogens (tertiary/aromatic N) is 3. The molecule has 4 rings (SSSR count). The predicted octanol–water partition coefficient (Wildman–Crippen LogP) is 1.73. The molecule has 0 aliphatic carbocycles. The highest BCUT2D eigenvalue weighted by atomic mass is 19.1. The third kappa shape index (κ3) is 4.33. The number of benzene rings is 2. The Morgan fingerprint density at radius 3 is 1.90 bits per heavy atom. The van der Waals surface area contributed by atoms with E-state index >= 15 is 0 Å². The Bertz CT molecular complexity index is 1000. The van der Waals surface area contributed by atoms with E-state index in [4.69, 9.17) is 0 Å². The van der Waals surface area contributed by atoms with E-state index in [0.717, 1.165) is 10.5 Å². The number of rotatable bonds is 4. The quantitative estimate of drug-likeness (QED) is 0.702. The molecule has 0 atom stereocenters. The molecule has 1 fully saturated rings. The van der Waals surface area contributed by atoms with E-state index in [-0.39, 0.29) is 30.6 Å². The third-order valence-corrected chi connectivity index (χ3v) is 5.64. The van der Waals surface area contributed by atoms with E-state index in [1.807, 2.05) is 0 Å². The predicted molar refractivity (Wildman–Crippen MR) is 110 cm³/mol. The summed E-state index contributed by atoms with van der Waals surface area (Å²) in [5, 5.41) is 0. The number of carbonyl (C=O) groups is 4. The van der Waals surface area contributed by atoms with Crippen molar-refractivity contribution in [3.63, 3.8) is 0 Å². The topological polar surface area (TPSA) is 78.0 Å². The standard InChI is InChI=1S/C23H22FN3O4/c24-17-8-6-16(7-9-17)14-20(28)25-10-3-11-26(13-12-25)21(29)15-27-22(30)18-4-1-2-5-19(18)23(27)31/h1-2,4-9H,3,10-15H2. The van der Waals surface area contributed by atoms with Crippen LogP contribution in [0.4, 0.5) is 4.39 Å². The minimum Gasteiger partial charge on any atom is -0.341 e. The van der Waals surface area contributed by atoms with Gasteiger partial charge in [-0.25, -0.2) is 4.39 Å². The van der Waals surface area contributed by atoms with E-state index in [9.17, 15) is 23.6 Å². The summed E-state index contributed by atoms with van der Waals surface area (Å²) in [4.78, 5) is 54.6. The van der Waals surface area contributed by atoms with Crippen molar-refractivity contribution >= 4 is 23.6 Å². The second-order valence-corrected chi connectivity index (χ2v) is 7.66. The molecule has 2 aromatic carbocycles. The zero-order valence-corrected chi connectivity index (χ0v) is 16.9. The molecule has 8 heteroatoms. The van der Waals surface area contributed by atoms with E-state index in [0.29, 0.717) is 43.7 Å². The van der Waals surface area contributed by atoms with E-state index in [1.54, 1.807) is 46.2 Å². The van der Waals surface area contributed by atoms with Crippen LogP contribution >= 0.6 is 0 Å². The largest absolute Gasteiger partial charge is 0.341 e. The van der Waals surface area contributed by atoms with Gasteiger partial charge in [-0.15, -0.1) is 0 Å². The lowest BCUT2D eigenvalue weighted by molar-refractivity contribution is -0.133. The maximum atomic E-state index is 13.0. The molecule has 160 valence electrons. The van der Waals surface area contributed by atoms with Crippen molar-refractivity contribution in [2.45, 2.75) is 12.8 Å². The van der Waals surface area contributed by atoms with Crippen LogP contribution in [0, 0.1) is 5.82 Å². The molecule has 31 heavy (non-hydrogen) atoms. The number of amides is 4. The lowest BCUT2D eigenvalue weighted by atomic mass is 10.1. The van der Waals surface area contributed by atoms with Gasteiger partial charge in [-0.05, 0) is 36.2 Å². The Morgan fingerprint density at radius 1 is 0.774 bits per heavy atom. The van der Waals surface area contributed by atoms with Crippen molar-refractivity contribution < 1.29 is 23.6 Å². The molecule has 2 aliphatic rings. The van der Waals surface area contributed by atoms with Crippen molar-refractivity contribution in [3.05, 3.63) is 71.0 Å². The van der Waals surface area contributed by atoms with Gasteiger partial charge in [0.15, 0.2) is 0 Å². The number of halogens is 1. The molecular formula is C23H22FN3O4. The van der Waals surface area contributed by atoms with Crippen molar-refractivity contribution in [2.24, 2.45) is 0 Å². The zero-order chi connectivity index (χ0) is 22.0. The minimum absolute atomic E-state index is 0.0822. The van der Waals surface area contributed by atoms with Crippen LogP contribution in [0.5, 0.6) is 0 Å². The summed E-state index contributed by atoms with van der Waals surface area (Å²) in [6.07, 6.45) is 0.770. The second-order valence-electron chi connectivity index (χ2n) is 7.66. The van der Waals surface area contributed by atoms with Crippen molar-refractivity contribution in [1.82, 2.24) is 14.7 Å².